The van der Waals surface area contributed by atoms with E-state index in [4.69, 9.17) is 20.6 Å². The van der Waals surface area contributed by atoms with E-state index in [1.807, 2.05) is 13.8 Å². The van der Waals surface area contributed by atoms with Crippen molar-refractivity contribution in [2.45, 2.75) is 26.7 Å². The minimum absolute atomic E-state index is 0.204. The summed E-state index contributed by atoms with van der Waals surface area (Å²) < 4.78 is 10.2. The molecular weight excluding hydrogens is 180 g/mol. The Bertz CT molecular complexity index is 170. The first kappa shape index (κ1) is 13.4. The predicted octanol–water partition coefficient (Wildman–Crippen LogP) is 1.39. The second kappa shape index (κ2) is 6.79. The highest BCUT2D eigenvalue weighted by Gasteiger charge is 2.20. The molecule has 0 aliphatic carbocycles. The molecule has 0 radical (unpaired) electrons. The summed E-state index contributed by atoms with van der Waals surface area (Å²) in [5.41, 5.74) is 5.25. The molecule has 0 bridgehead atoms. The molecule has 84 valence electrons. The summed E-state index contributed by atoms with van der Waals surface area (Å²) >= 11 is 0. The molecular formula is C10H22N2O2. The Balaban J connectivity index is 3.40. The summed E-state index contributed by atoms with van der Waals surface area (Å²) in [6.45, 7) is 5.93. The van der Waals surface area contributed by atoms with Crippen LogP contribution in [0.4, 0.5) is 0 Å². The quantitative estimate of drug-likeness (QED) is 0.355. The predicted molar refractivity (Wildman–Crippen MR) is 57.6 cm³/mol. The van der Waals surface area contributed by atoms with Crippen LogP contribution in [-0.4, -0.2) is 32.8 Å². The number of ether oxygens (including phenoxy) is 2. The molecule has 0 fully saturated rings. The SMILES string of the molecule is COCCOCCCC(C)(C)C(=N)N. The van der Waals surface area contributed by atoms with Gasteiger partial charge in [-0.15, -0.1) is 0 Å². The molecule has 0 aliphatic heterocycles. The molecule has 0 rings (SSSR count). The van der Waals surface area contributed by atoms with Crippen molar-refractivity contribution in [1.29, 1.82) is 5.41 Å². The zero-order valence-electron chi connectivity index (χ0n) is 9.43. The van der Waals surface area contributed by atoms with Gasteiger partial charge in [-0.2, -0.15) is 0 Å². The number of nitrogens with two attached hydrogens (primary N) is 1. The van der Waals surface area contributed by atoms with Gasteiger partial charge in [0.1, 0.15) is 0 Å². The van der Waals surface area contributed by atoms with Crippen LogP contribution >= 0.6 is 0 Å². The summed E-state index contributed by atoms with van der Waals surface area (Å²) in [7, 11) is 1.65. The van der Waals surface area contributed by atoms with Gasteiger partial charge in [-0.05, 0) is 12.8 Å². The molecule has 14 heavy (non-hydrogen) atoms. The van der Waals surface area contributed by atoms with E-state index in [0.717, 1.165) is 12.8 Å². The zero-order valence-corrected chi connectivity index (χ0v) is 9.43. The minimum atomic E-state index is -0.204. The lowest BCUT2D eigenvalue weighted by Crippen LogP contribution is -2.31. The standard InChI is InChI=1S/C10H22N2O2/c1-10(2,9(11)12)5-4-6-14-8-7-13-3/h4-8H2,1-3H3,(H3,11,12). The molecule has 0 aliphatic rings. The molecule has 0 aromatic heterocycles. The molecule has 4 heteroatoms. The van der Waals surface area contributed by atoms with E-state index in [1.54, 1.807) is 7.11 Å². The third kappa shape index (κ3) is 5.94. The van der Waals surface area contributed by atoms with E-state index in [0.29, 0.717) is 19.8 Å². The molecule has 0 unspecified atom stereocenters. The van der Waals surface area contributed by atoms with Crippen LogP contribution in [0.2, 0.25) is 0 Å². The van der Waals surface area contributed by atoms with Gasteiger partial charge in [-0.1, -0.05) is 13.8 Å². The topological polar surface area (TPSA) is 68.3 Å². The van der Waals surface area contributed by atoms with Crippen molar-refractivity contribution in [3.8, 4) is 0 Å². The molecule has 0 atom stereocenters. The Morgan fingerprint density at radius 2 is 1.93 bits per heavy atom. The number of hydrogen-bond acceptors (Lipinski definition) is 3. The largest absolute Gasteiger partial charge is 0.387 e. The van der Waals surface area contributed by atoms with Crippen molar-refractivity contribution in [1.82, 2.24) is 0 Å². The van der Waals surface area contributed by atoms with Crippen LogP contribution in [0, 0.1) is 10.8 Å². The highest BCUT2D eigenvalue weighted by Crippen LogP contribution is 2.21. The van der Waals surface area contributed by atoms with E-state index >= 15 is 0 Å². The maximum atomic E-state index is 7.36. The van der Waals surface area contributed by atoms with Gasteiger partial charge in [0, 0.05) is 19.1 Å². The van der Waals surface area contributed by atoms with Crippen LogP contribution in [0.3, 0.4) is 0 Å². The van der Waals surface area contributed by atoms with Gasteiger partial charge >= 0.3 is 0 Å². The van der Waals surface area contributed by atoms with E-state index in [1.165, 1.54) is 0 Å². The highest BCUT2D eigenvalue weighted by atomic mass is 16.5. The smallest absolute Gasteiger partial charge is 0.0963 e. The third-order valence-electron chi connectivity index (χ3n) is 2.25. The van der Waals surface area contributed by atoms with Gasteiger partial charge in [0.15, 0.2) is 0 Å². The molecule has 3 N–H and O–H groups in total. The molecule has 4 nitrogen and oxygen atoms in total. The van der Waals surface area contributed by atoms with Crippen molar-refractivity contribution in [3.05, 3.63) is 0 Å². The fourth-order valence-electron chi connectivity index (χ4n) is 0.995. The number of nitrogens with one attached hydrogen (secondary N) is 1. The molecule has 0 aromatic rings. The summed E-state index contributed by atoms with van der Waals surface area (Å²) in [5.74, 6) is 0.245. The maximum absolute atomic E-state index is 7.36. The van der Waals surface area contributed by atoms with Gasteiger partial charge in [0.05, 0.1) is 19.0 Å². The molecule has 0 heterocycles. The van der Waals surface area contributed by atoms with E-state index in [9.17, 15) is 0 Å². The number of hydrogen-bond donors (Lipinski definition) is 2. The highest BCUT2D eigenvalue weighted by molar-refractivity contribution is 5.82. The van der Waals surface area contributed by atoms with Gasteiger partial charge in [0.2, 0.25) is 0 Å². The summed E-state index contributed by atoms with van der Waals surface area (Å²) in [5, 5.41) is 7.36. The van der Waals surface area contributed by atoms with E-state index in [-0.39, 0.29) is 11.3 Å². The lowest BCUT2D eigenvalue weighted by Gasteiger charge is -2.22. The first-order valence-corrected chi connectivity index (χ1v) is 4.92. The lowest BCUT2D eigenvalue weighted by molar-refractivity contribution is 0.0667. The second-order valence-corrected chi connectivity index (χ2v) is 4.01. The van der Waals surface area contributed by atoms with Crippen molar-refractivity contribution in [2.75, 3.05) is 26.9 Å². The van der Waals surface area contributed by atoms with Crippen molar-refractivity contribution >= 4 is 5.84 Å². The van der Waals surface area contributed by atoms with Crippen LogP contribution in [0.25, 0.3) is 0 Å². The van der Waals surface area contributed by atoms with Crippen LogP contribution in [0.1, 0.15) is 26.7 Å². The zero-order chi connectivity index (χ0) is 11.0. The number of rotatable bonds is 8. The molecule has 0 aromatic carbocycles. The Kier molecular flexibility index (Phi) is 6.49. The fraction of sp³-hybridized carbons (Fsp3) is 0.900. The maximum Gasteiger partial charge on any atom is 0.0963 e. The average molecular weight is 202 g/mol. The number of amidine groups is 1. The van der Waals surface area contributed by atoms with Gasteiger partial charge in [-0.25, -0.2) is 0 Å². The van der Waals surface area contributed by atoms with Crippen molar-refractivity contribution in [3.63, 3.8) is 0 Å². The summed E-state index contributed by atoms with van der Waals surface area (Å²) in [6, 6.07) is 0. The molecule has 0 saturated carbocycles. The Morgan fingerprint density at radius 3 is 2.43 bits per heavy atom. The monoisotopic (exact) mass is 202 g/mol. The minimum Gasteiger partial charge on any atom is -0.387 e. The molecule has 0 amide bonds. The van der Waals surface area contributed by atoms with Gasteiger partial charge in [0.25, 0.3) is 0 Å². The van der Waals surface area contributed by atoms with Crippen LogP contribution in [0.15, 0.2) is 0 Å². The third-order valence-corrected chi connectivity index (χ3v) is 2.25. The van der Waals surface area contributed by atoms with E-state index in [2.05, 4.69) is 0 Å². The van der Waals surface area contributed by atoms with Crippen LogP contribution in [-0.2, 0) is 9.47 Å². The average Bonchev–Trinajstić information content (AvgIpc) is 2.10. The summed E-state index contributed by atoms with van der Waals surface area (Å²) in [6.07, 6.45) is 1.81. The fourth-order valence-corrected chi connectivity index (χ4v) is 0.995. The summed E-state index contributed by atoms with van der Waals surface area (Å²) in [4.78, 5) is 0. The Hall–Kier alpha value is -0.610. The first-order chi connectivity index (χ1) is 6.50. The molecule has 0 spiro atoms. The molecule has 0 saturated heterocycles. The number of methoxy groups -OCH3 is 1. The normalized spacial score (nSPS) is 11.6. The lowest BCUT2D eigenvalue weighted by atomic mass is 9.87. The van der Waals surface area contributed by atoms with E-state index < -0.39 is 0 Å². The second-order valence-electron chi connectivity index (χ2n) is 4.01. The van der Waals surface area contributed by atoms with Gasteiger partial charge in [-0.3, -0.25) is 5.41 Å². The Labute approximate surface area is 86.3 Å². The Morgan fingerprint density at radius 1 is 1.29 bits per heavy atom. The van der Waals surface area contributed by atoms with Gasteiger partial charge < -0.3 is 15.2 Å². The van der Waals surface area contributed by atoms with Crippen LogP contribution < -0.4 is 5.73 Å². The van der Waals surface area contributed by atoms with Crippen molar-refractivity contribution in [2.24, 2.45) is 11.1 Å². The van der Waals surface area contributed by atoms with Crippen molar-refractivity contribution < 1.29 is 9.47 Å². The van der Waals surface area contributed by atoms with Crippen LogP contribution in [0.5, 0.6) is 0 Å². The first-order valence-electron chi connectivity index (χ1n) is 4.92.